The Morgan fingerprint density at radius 3 is 2.50 bits per heavy atom. The van der Waals surface area contributed by atoms with Crippen LogP contribution in [-0.2, 0) is 0 Å². The van der Waals surface area contributed by atoms with Crippen molar-refractivity contribution in [2.75, 3.05) is 6.54 Å². The molecule has 0 aromatic heterocycles. The fourth-order valence-corrected chi connectivity index (χ4v) is 3.37. The van der Waals surface area contributed by atoms with E-state index in [-0.39, 0.29) is 0 Å². The third-order valence-corrected chi connectivity index (χ3v) is 4.02. The number of rotatable bonds is 2. The second kappa shape index (κ2) is 3.37. The van der Waals surface area contributed by atoms with E-state index >= 15 is 0 Å². The molecule has 1 heteroatoms. The van der Waals surface area contributed by atoms with E-state index in [2.05, 4.69) is 19.2 Å². The molecule has 0 spiro atoms. The number of hydrogen-bond acceptors (Lipinski definition) is 1. The molecule has 4 atom stereocenters. The summed E-state index contributed by atoms with van der Waals surface area (Å²) in [6.07, 6.45) is 5.97. The Hall–Kier alpha value is -0.0400. The molecule has 2 aliphatic carbocycles. The summed E-state index contributed by atoms with van der Waals surface area (Å²) in [6.45, 7) is 5.81. The van der Waals surface area contributed by atoms with Crippen LogP contribution in [-0.4, -0.2) is 12.6 Å². The van der Waals surface area contributed by atoms with Crippen molar-refractivity contribution in [3.8, 4) is 0 Å². The molecule has 0 radical (unpaired) electrons. The van der Waals surface area contributed by atoms with Crippen molar-refractivity contribution in [1.82, 2.24) is 5.32 Å². The Morgan fingerprint density at radius 1 is 1.17 bits per heavy atom. The molecule has 2 fully saturated rings. The number of nitrogens with one attached hydrogen (secondary N) is 1. The molecule has 2 aliphatic rings. The highest BCUT2D eigenvalue weighted by molar-refractivity contribution is 5.00. The fraction of sp³-hybridized carbons (Fsp3) is 1.00. The minimum Gasteiger partial charge on any atom is -0.314 e. The monoisotopic (exact) mass is 167 g/mol. The molecule has 1 nitrogen and oxygen atoms in total. The summed E-state index contributed by atoms with van der Waals surface area (Å²) >= 11 is 0. The number of fused-ring (bicyclic) bond motifs is 1. The summed E-state index contributed by atoms with van der Waals surface area (Å²) in [4.78, 5) is 0. The fourth-order valence-electron chi connectivity index (χ4n) is 3.37. The predicted molar refractivity (Wildman–Crippen MR) is 52.1 cm³/mol. The smallest absolute Gasteiger partial charge is 0.0126 e. The van der Waals surface area contributed by atoms with Crippen molar-refractivity contribution >= 4 is 0 Å². The van der Waals surface area contributed by atoms with E-state index in [1.165, 1.54) is 25.7 Å². The molecule has 12 heavy (non-hydrogen) atoms. The van der Waals surface area contributed by atoms with Gasteiger partial charge in [0, 0.05) is 6.04 Å². The zero-order valence-corrected chi connectivity index (χ0v) is 8.34. The molecular weight excluding hydrogens is 146 g/mol. The minimum atomic E-state index is 0.861. The molecule has 4 unspecified atom stereocenters. The highest BCUT2D eigenvalue weighted by atomic mass is 15.0. The Morgan fingerprint density at radius 2 is 1.83 bits per heavy atom. The van der Waals surface area contributed by atoms with Crippen LogP contribution >= 0.6 is 0 Å². The average molecular weight is 167 g/mol. The predicted octanol–water partition coefficient (Wildman–Crippen LogP) is 2.42. The second-order valence-electron chi connectivity index (χ2n) is 4.55. The summed E-state index contributed by atoms with van der Waals surface area (Å²) < 4.78 is 0. The SMILES string of the molecule is CCNC1C(C)C2CCCCC21. The van der Waals surface area contributed by atoms with Gasteiger partial charge in [-0.3, -0.25) is 0 Å². The maximum Gasteiger partial charge on any atom is 0.0126 e. The summed E-state index contributed by atoms with van der Waals surface area (Å²) in [5.74, 6) is 3.06. The largest absolute Gasteiger partial charge is 0.314 e. The van der Waals surface area contributed by atoms with Gasteiger partial charge in [0.15, 0.2) is 0 Å². The highest BCUT2D eigenvalue weighted by Crippen LogP contribution is 2.48. The van der Waals surface area contributed by atoms with Crippen LogP contribution in [0.4, 0.5) is 0 Å². The average Bonchev–Trinajstić information content (AvgIpc) is 2.13. The van der Waals surface area contributed by atoms with Crippen LogP contribution in [0.25, 0.3) is 0 Å². The van der Waals surface area contributed by atoms with Crippen LogP contribution in [0.1, 0.15) is 39.5 Å². The topological polar surface area (TPSA) is 12.0 Å². The van der Waals surface area contributed by atoms with Crippen molar-refractivity contribution in [3.63, 3.8) is 0 Å². The van der Waals surface area contributed by atoms with E-state index < -0.39 is 0 Å². The molecule has 0 bridgehead atoms. The van der Waals surface area contributed by atoms with Crippen molar-refractivity contribution in [2.24, 2.45) is 17.8 Å². The first-order valence-corrected chi connectivity index (χ1v) is 5.58. The summed E-state index contributed by atoms with van der Waals surface area (Å²) in [5.41, 5.74) is 0. The second-order valence-corrected chi connectivity index (χ2v) is 4.55. The van der Waals surface area contributed by atoms with Gasteiger partial charge < -0.3 is 5.32 Å². The summed E-state index contributed by atoms with van der Waals surface area (Å²) in [6, 6.07) is 0.861. The van der Waals surface area contributed by atoms with Gasteiger partial charge in [0.05, 0.1) is 0 Å². The van der Waals surface area contributed by atoms with E-state index in [4.69, 9.17) is 0 Å². The van der Waals surface area contributed by atoms with Crippen molar-refractivity contribution in [3.05, 3.63) is 0 Å². The van der Waals surface area contributed by atoms with E-state index in [0.717, 1.165) is 30.3 Å². The third kappa shape index (κ3) is 1.19. The zero-order chi connectivity index (χ0) is 8.55. The maximum atomic E-state index is 3.63. The van der Waals surface area contributed by atoms with Gasteiger partial charge in [-0.25, -0.2) is 0 Å². The molecule has 0 aromatic carbocycles. The standard InChI is InChI=1S/C11H21N/c1-3-12-11-8(2)9-6-4-5-7-10(9)11/h8-12H,3-7H2,1-2H3. The van der Waals surface area contributed by atoms with Gasteiger partial charge in [0.2, 0.25) is 0 Å². The van der Waals surface area contributed by atoms with E-state index in [9.17, 15) is 0 Å². The number of hydrogen-bond donors (Lipinski definition) is 1. The van der Waals surface area contributed by atoms with Gasteiger partial charge >= 0.3 is 0 Å². The molecule has 1 N–H and O–H groups in total. The highest BCUT2D eigenvalue weighted by Gasteiger charge is 2.47. The van der Waals surface area contributed by atoms with Crippen molar-refractivity contribution in [1.29, 1.82) is 0 Å². The molecule has 0 amide bonds. The Bertz CT molecular complexity index is 153. The van der Waals surface area contributed by atoms with E-state index in [1.54, 1.807) is 0 Å². The quantitative estimate of drug-likeness (QED) is 0.666. The van der Waals surface area contributed by atoms with Crippen molar-refractivity contribution < 1.29 is 0 Å². The minimum absolute atomic E-state index is 0.861. The van der Waals surface area contributed by atoms with Crippen LogP contribution < -0.4 is 5.32 Å². The van der Waals surface area contributed by atoms with E-state index in [0.29, 0.717) is 0 Å². The lowest BCUT2D eigenvalue weighted by atomic mass is 9.56. The molecule has 0 aromatic rings. The van der Waals surface area contributed by atoms with E-state index in [1.807, 2.05) is 0 Å². The van der Waals surface area contributed by atoms with Crippen LogP contribution in [0.15, 0.2) is 0 Å². The lowest BCUT2D eigenvalue weighted by Gasteiger charge is -2.54. The Labute approximate surface area is 75.9 Å². The Kier molecular flexibility index (Phi) is 2.40. The normalized spacial score (nSPS) is 46.5. The van der Waals surface area contributed by atoms with Gasteiger partial charge in [-0.05, 0) is 37.1 Å². The molecule has 2 saturated carbocycles. The van der Waals surface area contributed by atoms with Crippen LogP contribution in [0.5, 0.6) is 0 Å². The lowest BCUT2D eigenvalue weighted by molar-refractivity contribution is -0.00845. The molecular formula is C11H21N. The van der Waals surface area contributed by atoms with Crippen molar-refractivity contribution in [2.45, 2.75) is 45.6 Å². The molecule has 2 rings (SSSR count). The van der Waals surface area contributed by atoms with Crippen LogP contribution in [0.2, 0.25) is 0 Å². The van der Waals surface area contributed by atoms with Gasteiger partial charge in [-0.2, -0.15) is 0 Å². The first kappa shape index (κ1) is 8.55. The third-order valence-electron chi connectivity index (χ3n) is 4.02. The van der Waals surface area contributed by atoms with Gasteiger partial charge in [-0.1, -0.05) is 26.7 Å². The van der Waals surface area contributed by atoms with Crippen LogP contribution in [0, 0.1) is 17.8 Å². The zero-order valence-electron chi connectivity index (χ0n) is 8.34. The molecule has 0 aliphatic heterocycles. The van der Waals surface area contributed by atoms with Crippen LogP contribution in [0.3, 0.4) is 0 Å². The van der Waals surface area contributed by atoms with Gasteiger partial charge in [0.1, 0.15) is 0 Å². The summed E-state index contributed by atoms with van der Waals surface area (Å²) in [5, 5.41) is 3.63. The summed E-state index contributed by atoms with van der Waals surface area (Å²) in [7, 11) is 0. The van der Waals surface area contributed by atoms with Gasteiger partial charge in [0.25, 0.3) is 0 Å². The first-order chi connectivity index (χ1) is 5.84. The first-order valence-electron chi connectivity index (χ1n) is 5.58. The molecule has 0 heterocycles. The lowest BCUT2D eigenvalue weighted by Crippen LogP contribution is -2.58. The molecule has 70 valence electrons. The van der Waals surface area contributed by atoms with Gasteiger partial charge in [-0.15, -0.1) is 0 Å². The molecule has 0 saturated heterocycles. The Balaban J connectivity index is 1.91. The maximum absolute atomic E-state index is 3.63.